The lowest BCUT2D eigenvalue weighted by molar-refractivity contribution is 0.263. The molecule has 1 saturated heterocycles. The van der Waals surface area contributed by atoms with Crippen molar-refractivity contribution >= 4 is 49.7 Å². The Morgan fingerprint density at radius 2 is 1.94 bits per heavy atom. The van der Waals surface area contributed by atoms with Gasteiger partial charge in [-0.25, -0.2) is 8.42 Å². The first-order chi connectivity index (χ1) is 7.91. The normalized spacial score (nSPS) is 25.7. The standard InChI is InChI=1S/C10H15BrN2O2S2.ClH/c1-7-5-13(6-8(2)12-7)17(14,15)10-9(11)3-4-16-10;/h3-4,7-8,12H,5-6H2,1-2H3;1H. The Kier molecular flexibility index (Phi) is 5.64. The van der Waals surface area contributed by atoms with E-state index in [0.29, 0.717) is 21.8 Å². The summed E-state index contributed by atoms with van der Waals surface area (Å²) in [5, 5.41) is 5.11. The van der Waals surface area contributed by atoms with E-state index in [0.717, 1.165) is 0 Å². The van der Waals surface area contributed by atoms with Crippen LogP contribution in [0.15, 0.2) is 20.1 Å². The second-order valence-electron chi connectivity index (χ2n) is 4.35. The van der Waals surface area contributed by atoms with Crippen LogP contribution in [0.25, 0.3) is 0 Å². The molecule has 0 bridgehead atoms. The van der Waals surface area contributed by atoms with Crippen LogP contribution >= 0.6 is 39.7 Å². The Morgan fingerprint density at radius 1 is 1.39 bits per heavy atom. The van der Waals surface area contributed by atoms with Gasteiger partial charge in [-0.2, -0.15) is 4.31 Å². The third-order valence-corrected chi connectivity index (χ3v) is 7.16. The number of sulfonamides is 1. The van der Waals surface area contributed by atoms with Gasteiger partial charge in [0.15, 0.2) is 0 Å². The van der Waals surface area contributed by atoms with Crippen LogP contribution in [-0.4, -0.2) is 37.9 Å². The average molecular weight is 376 g/mol. The second-order valence-corrected chi connectivity index (χ2v) is 8.25. The molecule has 0 radical (unpaired) electrons. The molecule has 1 aliphatic heterocycles. The van der Waals surface area contributed by atoms with E-state index >= 15 is 0 Å². The summed E-state index contributed by atoms with van der Waals surface area (Å²) in [5.74, 6) is 0. The van der Waals surface area contributed by atoms with E-state index in [2.05, 4.69) is 21.2 Å². The van der Waals surface area contributed by atoms with Crippen molar-refractivity contribution in [1.29, 1.82) is 0 Å². The van der Waals surface area contributed by atoms with E-state index < -0.39 is 10.0 Å². The van der Waals surface area contributed by atoms with Gasteiger partial charge in [-0.05, 0) is 41.2 Å². The Hall–Kier alpha value is 0.340. The molecule has 104 valence electrons. The smallest absolute Gasteiger partial charge is 0.253 e. The summed E-state index contributed by atoms with van der Waals surface area (Å²) in [6, 6.07) is 2.15. The first kappa shape index (κ1) is 16.4. The molecule has 4 nitrogen and oxygen atoms in total. The fourth-order valence-electron chi connectivity index (χ4n) is 2.05. The van der Waals surface area contributed by atoms with E-state index in [4.69, 9.17) is 0 Å². The van der Waals surface area contributed by atoms with Crippen molar-refractivity contribution in [1.82, 2.24) is 9.62 Å². The molecule has 1 fully saturated rings. The molecule has 18 heavy (non-hydrogen) atoms. The lowest BCUT2D eigenvalue weighted by Gasteiger charge is -2.34. The number of hydrogen-bond acceptors (Lipinski definition) is 4. The molecular weight excluding hydrogens is 360 g/mol. The van der Waals surface area contributed by atoms with Crippen molar-refractivity contribution in [2.24, 2.45) is 0 Å². The van der Waals surface area contributed by atoms with Crippen molar-refractivity contribution in [3.8, 4) is 0 Å². The molecule has 0 spiro atoms. The fourth-order valence-corrected chi connectivity index (χ4v) is 6.12. The van der Waals surface area contributed by atoms with E-state index in [9.17, 15) is 8.42 Å². The van der Waals surface area contributed by atoms with Gasteiger partial charge in [0.05, 0.1) is 0 Å². The van der Waals surface area contributed by atoms with Crippen molar-refractivity contribution in [2.45, 2.75) is 30.1 Å². The molecule has 1 aromatic heterocycles. The van der Waals surface area contributed by atoms with Crippen molar-refractivity contribution in [3.63, 3.8) is 0 Å². The summed E-state index contributed by atoms with van der Waals surface area (Å²) in [6.45, 7) is 5.05. The fraction of sp³-hybridized carbons (Fsp3) is 0.600. The minimum Gasteiger partial charge on any atom is -0.309 e. The van der Waals surface area contributed by atoms with E-state index in [1.807, 2.05) is 13.8 Å². The summed E-state index contributed by atoms with van der Waals surface area (Å²) in [5.41, 5.74) is 0. The van der Waals surface area contributed by atoms with E-state index in [1.54, 1.807) is 15.8 Å². The summed E-state index contributed by atoms with van der Waals surface area (Å²) >= 11 is 4.54. The third-order valence-electron chi connectivity index (χ3n) is 2.68. The Labute approximate surface area is 126 Å². The molecule has 0 aliphatic carbocycles. The predicted molar refractivity (Wildman–Crippen MR) is 80.1 cm³/mol. The van der Waals surface area contributed by atoms with Gasteiger partial charge in [-0.3, -0.25) is 0 Å². The molecule has 0 saturated carbocycles. The molecule has 0 aromatic carbocycles. The number of piperazine rings is 1. The third kappa shape index (κ3) is 3.26. The van der Waals surface area contributed by atoms with Gasteiger partial charge in [0.1, 0.15) is 4.21 Å². The minimum absolute atomic E-state index is 0. The number of nitrogens with zero attached hydrogens (tertiary/aromatic N) is 1. The molecule has 2 unspecified atom stereocenters. The highest BCUT2D eigenvalue weighted by atomic mass is 79.9. The zero-order chi connectivity index (χ0) is 12.6. The van der Waals surface area contributed by atoms with Crippen LogP contribution in [0.4, 0.5) is 0 Å². The van der Waals surface area contributed by atoms with Crippen LogP contribution in [0.1, 0.15) is 13.8 Å². The van der Waals surface area contributed by atoms with Gasteiger partial charge in [0.2, 0.25) is 0 Å². The number of hydrogen-bond donors (Lipinski definition) is 1. The molecule has 2 rings (SSSR count). The molecule has 1 N–H and O–H groups in total. The van der Waals surface area contributed by atoms with Crippen LogP contribution in [-0.2, 0) is 10.0 Å². The number of halogens is 2. The van der Waals surface area contributed by atoms with E-state index in [1.165, 1.54) is 11.3 Å². The van der Waals surface area contributed by atoms with Crippen molar-refractivity contribution in [2.75, 3.05) is 13.1 Å². The maximum Gasteiger partial charge on any atom is 0.253 e. The highest BCUT2D eigenvalue weighted by Crippen LogP contribution is 2.30. The quantitative estimate of drug-likeness (QED) is 0.863. The van der Waals surface area contributed by atoms with Gasteiger partial charge in [0, 0.05) is 29.6 Å². The lowest BCUT2D eigenvalue weighted by Crippen LogP contribution is -2.55. The molecular formula is C10H16BrClN2O2S2. The molecule has 2 heterocycles. The van der Waals surface area contributed by atoms with E-state index in [-0.39, 0.29) is 24.5 Å². The van der Waals surface area contributed by atoms with Crippen LogP contribution < -0.4 is 5.32 Å². The number of thiophene rings is 1. The van der Waals surface area contributed by atoms with Crippen molar-refractivity contribution < 1.29 is 8.42 Å². The lowest BCUT2D eigenvalue weighted by atomic mass is 10.2. The highest BCUT2D eigenvalue weighted by Gasteiger charge is 2.33. The summed E-state index contributed by atoms with van der Waals surface area (Å²) in [6.07, 6.45) is 0. The second kappa shape index (κ2) is 6.19. The predicted octanol–water partition coefficient (Wildman–Crippen LogP) is 2.30. The number of rotatable bonds is 2. The van der Waals surface area contributed by atoms with Gasteiger partial charge >= 0.3 is 0 Å². The zero-order valence-electron chi connectivity index (χ0n) is 10.1. The maximum atomic E-state index is 12.4. The molecule has 2 atom stereocenters. The first-order valence-corrected chi connectivity index (χ1v) is 8.51. The SMILES string of the molecule is CC1CN(S(=O)(=O)c2sccc2Br)CC(C)N1.Cl. The Bertz CT molecular complexity index is 496. The van der Waals surface area contributed by atoms with Crippen LogP contribution in [0.3, 0.4) is 0 Å². The Morgan fingerprint density at radius 3 is 2.39 bits per heavy atom. The molecule has 1 aromatic rings. The van der Waals surface area contributed by atoms with Crippen LogP contribution in [0.2, 0.25) is 0 Å². The summed E-state index contributed by atoms with van der Waals surface area (Å²) in [7, 11) is -3.35. The molecule has 0 amide bonds. The minimum atomic E-state index is -3.35. The first-order valence-electron chi connectivity index (χ1n) is 5.40. The monoisotopic (exact) mass is 374 g/mol. The summed E-state index contributed by atoms with van der Waals surface area (Å²) < 4.78 is 27.5. The largest absolute Gasteiger partial charge is 0.309 e. The highest BCUT2D eigenvalue weighted by molar-refractivity contribution is 9.10. The van der Waals surface area contributed by atoms with Crippen molar-refractivity contribution in [3.05, 3.63) is 15.9 Å². The van der Waals surface area contributed by atoms with Gasteiger partial charge < -0.3 is 5.32 Å². The zero-order valence-corrected chi connectivity index (χ0v) is 14.1. The van der Waals surface area contributed by atoms with Gasteiger partial charge in [-0.15, -0.1) is 23.7 Å². The number of nitrogens with one attached hydrogen (secondary N) is 1. The van der Waals surface area contributed by atoms with Gasteiger partial charge in [-0.1, -0.05) is 0 Å². The maximum absolute atomic E-state index is 12.4. The van der Waals surface area contributed by atoms with Gasteiger partial charge in [0.25, 0.3) is 10.0 Å². The average Bonchev–Trinajstić information content (AvgIpc) is 2.63. The molecule has 8 heteroatoms. The topological polar surface area (TPSA) is 49.4 Å². The van der Waals surface area contributed by atoms with Crippen LogP contribution in [0.5, 0.6) is 0 Å². The van der Waals surface area contributed by atoms with Crippen LogP contribution in [0, 0.1) is 0 Å². The molecule has 1 aliphatic rings. The Balaban J connectivity index is 0.00000162. The summed E-state index contributed by atoms with van der Waals surface area (Å²) in [4.78, 5) is 0.